The van der Waals surface area contributed by atoms with E-state index in [0.29, 0.717) is 6.42 Å². The third-order valence-electron chi connectivity index (χ3n) is 6.43. The average molecular weight is 566 g/mol. The number of hydrogen-bond donors (Lipinski definition) is 0. The van der Waals surface area contributed by atoms with Gasteiger partial charge in [0.15, 0.2) is 5.79 Å². The molecule has 2 aliphatic rings. The van der Waals surface area contributed by atoms with Crippen LogP contribution in [0.5, 0.6) is 0 Å². The minimum atomic E-state index is -4.02. The number of hydrogen-bond acceptors (Lipinski definition) is 11. The van der Waals surface area contributed by atoms with Gasteiger partial charge in [0.1, 0.15) is 6.10 Å². The van der Waals surface area contributed by atoms with Gasteiger partial charge in [0.25, 0.3) is 11.4 Å². The van der Waals surface area contributed by atoms with Crippen molar-refractivity contribution in [3.63, 3.8) is 0 Å². The Bertz CT molecular complexity index is 1230. The van der Waals surface area contributed by atoms with E-state index in [1.54, 1.807) is 34.6 Å². The van der Waals surface area contributed by atoms with Crippen molar-refractivity contribution in [2.45, 2.75) is 70.9 Å². The average Bonchev–Trinajstić information content (AvgIpc) is 3.36. The molecule has 214 valence electrons. The maximum Gasteiger partial charge on any atom is 0.370 e. The summed E-state index contributed by atoms with van der Waals surface area (Å²) in [5.74, 6) is -3.82. The van der Waals surface area contributed by atoms with Gasteiger partial charge in [0.05, 0.1) is 67.8 Å². The number of aromatic nitrogens is 2. The Balaban J connectivity index is 1.96. The predicted octanol–water partition coefficient (Wildman–Crippen LogP) is 3.68. The van der Waals surface area contributed by atoms with Crippen molar-refractivity contribution >= 4 is 25.2 Å². The van der Waals surface area contributed by atoms with Crippen LogP contribution >= 0.6 is 7.60 Å². The maximum atomic E-state index is 13.5. The van der Waals surface area contributed by atoms with Crippen LogP contribution in [0.25, 0.3) is 11.6 Å². The number of nitrogens with zero attached hydrogens (tertiary/aromatic N) is 3. The van der Waals surface area contributed by atoms with Gasteiger partial charge in [-0.2, -0.15) is 5.26 Å². The highest BCUT2D eigenvalue weighted by Crippen LogP contribution is 2.55. The standard InChI is InChI=1S/C26H36N3O9P/c1-8-18-20(16(5)13-27)23(30)29(15-28-18)19-12-17(21-22(19)38-26(6,7)37-21)14-34-25(24(31)33-9-2)39(32,35-10-3)36-11-4/h8,15,17,19,21-22,25H,1,5,9-12,14H2,2-4,6-7H3/t17-,19-,21-,22+,25?/m1/s1. The first-order valence-electron chi connectivity index (χ1n) is 12.8. The zero-order chi connectivity index (χ0) is 29.0. The van der Waals surface area contributed by atoms with Gasteiger partial charge in [-0.15, -0.1) is 0 Å². The molecule has 1 saturated carbocycles. The van der Waals surface area contributed by atoms with Crippen molar-refractivity contribution in [1.29, 1.82) is 5.26 Å². The highest BCUT2D eigenvalue weighted by molar-refractivity contribution is 7.55. The van der Waals surface area contributed by atoms with Crippen LogP contribution in [0.4, 0.5) is 0 Å². The molecule has 1 aromatic rings. The Kier molecular flexibility index (Phi) is 10.0. The summed E-state index contributed by atoms with van der Waals surface area (Å²) in [5.41, 5.74) is -0.191. The highest BCUT2D eigenvalue weighted by Gasteiger charge is 2.55. The van der Waals surface area contributed by atoms with Crippen molar-refractivity contribution < 1.29 is 37.4 Å². The van der Waals surface area contributed by atoms with Gasteiger partial charge >= 0.3 is 13.6 Å². The van der Waals surface area contributed by atoms with Gasteiger partial charge in [0, 0.05) is 5.92 Å². The topological polar surface area (TPSA) is 148 Å². The molecule has 0 spiro atoms. The molecule has 3 rings (SSSR count). The van der Waals surface area contributed by atoms with E-state index in [-0.39, 0.29) is 49.2 Å². The molecule has 0 aromatic carbocycles. The van der Waals surface area contributed by atoms with Gasteiger partial charge < -0.3 is 28.0 Å². The number of ether oxygens (including phenoxy) is 4. The molecule has 2 heterocycles. The number of rotatable bonds is 13. The van der Waals surface area contributed by atoms with Crippen LogP contribution in [0.15, 0.2) is 24.3 Å². The second kappa shape index (κ2) is 12.7. The number of fused-ring (bicyclic) bond motifs is 1. The number of esters is 1. The van der Waals surface area contributed by atoms with Gasteiger partial charge in [-0.3, -0.25) is 13.9 Å². The summed E-state index contributed by atoms with van der Waals surface area (Å²) in [6.07, 6.45) is 2.01. The van der Waals surface area contributed by atoms with Crippen molar-refractivity contribution in [2.24, 2.45) is 5.92 Å². The maximum absolute atomic E-state index is 13.5. The smallest absolute Gasteiger partial charge is 0.370 e. The van der Waals surface area contributed by atoms with E-state index >= 15 is 0 Å². The van der Waals surface area contributed by atoms with E-state index in [9.17, 15) is 19.4 Å². The monoisotopic (exact) mass is 565 g/mol. The SMILES string of the molecule is C=Cc1ncn([C@@H]2C[C@H](COC(C(=O)OCC)P(=O)(OCC)OCC)[C@H]3OC(C)(C)O[C@H]32)c(=O)c1C(=C)C#N. The van der Waals surface area contributed by atoms with Crippen LogP contribution in [0, 0.1) is 17.2 Å². The summed E-state index contributed by atoms with van der Waals surface area (Å²) >= 11 is 0. The Labute approximate surface area is 228 Å². The molecule has 1 unspecified atom stereocenters. The predicted molar refractivity (Wildman–Crippen MR) is 141 cm³/mol. The van der Waals surface area contributed by atoms with Crippen LogP contribution in [-0.2, 0) is 37.4 Å². The van der Waals surface area contributed by atoms with Gasteiger partial charge in [-0.25, -0.2) is 9.78 Å². The van der Waals surface area contributed by atoms with Gasteiger partial charge in [-0.1, -0.05) is 13.2 Å². The lowest BCUT2D eigenvalue weighted by Gasteiger charge is -2.27. The third-order valence-corrected chi connectivity index (χ3v) is 8.60. The fraction of sp³-hybridized carbons (Fsp3) is 0.615. The summed E-state index contributed by atoms with van der Waals surface area (Å²) < 4.78 is 49.0. The Hall–Kier alpha value is -2.65. The Morgan fingerprint density at radius 3 is 2.49 bits per heavy atom. The van der Waals surface area contributed by atoms with E-state index in [4.69, 9.17) is 28.0 Å². The van der Waals surface area contributed by atoms with Crippen molar-refractivity contribution in [3.8, 4) is 6.07 Å². The summed E-state index contributed by atoms with van der Waals surface area (Å²) in [5, 5.41) is 9.39. The first-order valence-corrected chi connectivity index (χ1v) is 14.4. The lowest BCUT2D eigenvalue weighted by Crippen LogP contribution is -2.35. The molecule has 12 nitrogen and oxygen atoms in total. The van der Waals surface area contributed by atoms with Crippen LogP contribution in [0.3, 0.4) is 0 Å². The molecule has 0 radical (unpaired) electrons. The molecule has 0 N–H and O–H groups in total. The van der Waals surface area contributed by atoms with Crippen LogP contribution in [0.1, 0.15) is 58.3 Å². The molecule has 13 heteroatoms. The highest BCUT2D eigenvalue weighted by atomic mass is 31.2. The largest absolute Gasteiger partial charge is 0.464 e. The van der Waals surface area contributed by atoms with Crippen LogP contribution in [0.2, 0.25) is 0 Å². The van der Waals surface area contributed by atoms with Crippen molar-refractivity contribution in [3.05, 3.63) is 41.1 Å². The second-order valence-electron chi connectivity index (χ2n) is 9.45. The normalized spacial score (nSPS) is 24.5. The molecule has 1 aromatic heterocycles. The van der Waals surface area contributed by atoms with E-state index < -0.39 is 49.0 Å². The molecule has 2 fully saturated rings. The van der Waals surface area contributed by atoms with Gasteiger partial charge in [-0.05, 0) is 47.1 Å². The molecule has 1 aliphatic heterocycles. The molecule has 0 bridgehead atoms. The molecule has 39 heavy (non-hydrogen) atoms. The quantitative estimate of drug-likeness (QED) is 0.196. The minimum absolute atomic E-state index is 0.0324. The zero-order valence-corrected chi connectivity index (χ0v) is 23.8. The van der Waals surface area contributed by atoms with E-state index in [1.807, 2.05) is 6.07 Å². The van der Waals surface area contributed by atoms with Crippen LogP contribution in [-0.4, -0.2) is 65.8 Å². The lowest BCUT2D eigenvalue weighted by atomic mass is 10.1. The summed E-state index contributed by atoms with van der Waals surface area (Å²) in [6, 6.07) is 1.36. The van der Waals surface area contributed by atoms with Crippen molar-refractivity contribution in [2.75, 3.05) is 26.4 Å². The molecule has 5 atom stereocenters. The number of carbonyl (C=O) groups excluding carboxylic acids is 1. The summed E-state index contributed by atoms with van der Waals surface area (Å²) in [7, 11) is -4.02. The molecular weight excluding hydrogens is 529 g/mol. The first kappa shape index (κ1) is 30.9. The summed E-state index contributed by atoms with van der Waals surface area (Å²) in [6.45, 7) is 15.8. The van der Waals surface area contributed by atoms with Crippen LogP contribution < -0.4 is 5.56 Å². The molecule has 1 saturated heterocycles. The molecular formula is C26H36N3O9P. The van der Waals surface area contributed by atoms with E-state index in [2.05, 4.69) is 18.1 Å². The Morgan fingerprint density at radius 2 is 1.92 bits per heavy atom. The van der Waals surface area contributed by atoms with Crippen molar-refractivity contribution in [1.82, 2.24) is 9.55 Å². The fourth-order valence-corrected chi connectivity index (χ4v) is 6.62. The molecule has 1 aliphatic carbocycles. The number of carbonyl (C=O) groups is 1. The second-order valence-corrected chi connectivity index (χ2v) is 11.5. The summed E-state index contributed by atoms with van der Waals surface area (Å²) in [4.78, 5) is 30.6. The molecule has 0 amide bonds. The van der Waals surface area contributed by atoms with E-state index in [0.717, 1.165) is 0 Å². The number of nitriles is 1. The van der Waals surface area contributed by atoms with Gasteiger partial charge in [0.2, 0.25) is 0 Å². The Morgan fingerprint density at radius 1 is 1.28 bits per heavy atom. The fourth-order valence-electron chi connectivity index (χ4n) is 4.95. The third kappa shape index (κ3) is 6.40. The lowest BCUT2D eigenvalue weighted by molar-refractivity contribution is -0.166. The van der Waals surface area contributed by atoms with E-state index in [1.165, 1.54) is 17.0 Å². The number of allylic oxidation sites excluding steroid dienone is 1. The minimum Gasteiger partial charge on any atom is -0.464 e. The zero-order valence-electron chi connectivity index (χ0n) is 23.0. The first-order chi connectivity index (χ1) is 18.5.